The number of hydrogen-bond donors (Lipinski definition) is 3. The van der Waals surface area contributed by atoms with E-state index in [0.717, 1.165) is 11.3 Å². The number of halogens is 1. The second-order valence-corrected chi connectivity index (χ2v) is 4.42. The molecule has 0 heterocycles. The van der Waals surface area contributed by atoms with Crippen molar-refractivity contribution in [3.8, 4) is 0 Å². The maximum atomic E-state index is 9.15. The van der Waals surface area contributed by atoms with Crippen LogP contribution >= 0.6 is 22.6 Å². The molecule has 0 aliphatic heterocycles. The van der Waals surface area contributed by atoms with E-state index < -0.39 is 6.10 Å². The van der Waals surface area contributed by atoms with E-state index in [1.54, 1.807) is 0 Å². The standard InChI is InChI=1S/C10H14INO2/c1-7-4-8(11)2-3-10(7)12-5-9(14)6-13/h2-4,9,12-14H,5-6H2,1H3. The Balaban J connectivity index is 2.59. The van der Waals surface area contributed by atoms with Gasteiger partial charge in [-0.25, -0.2) is 0 Å². The molecule has 0 fully saturated rings. The summed E-state index contributed by atoms with van der Waals surface area (Å²) < 4.78 is 1.19. The first-order valence-corrected chi connectivity index (χ1v) is 5.50. The van der Waals surface area contributed by atoms with Crippen LogP contribution in [0.25, 0.3) is 0 Å². The third-order valence-electron chi connectivity index (χ3n) is 1.93. The fourth-order valence-corrected chi connectivity index (χ4v) is 1.76. The van der Waals surface area contributed by atoms with Crippen LogP contribution in [0.1, 0.15) is 5.56 Å². The molecule has 0 aliphatic carbocycles. The monoisotopic (exact) mass is 307 g/mol. The fourth-order valence-electron chi connectivity index (χ4n) is 1.12. The van der Waals surface area contributed by atoms with E-state index in [4.69, 9.17) is 10.2 Å². The number of nitrogens with one attached hydrogen (secondary N) is 1. The predicted molar refractivity (Wildman–Crippen MR) is 65.5 cm³/mol. The number of rotatable bonds is 4. The van der Waals surface area contributed by atoms with Crippen molar-refractivity contribution in [3.63, 3.8) is 0 Å². The molecule has 1 rings (SSSR count). The highest BCUT2D eigenvalue weighted by molar-refractivity contribution is 14.1. The number of aliphatic hydroxyl groups excluding tert-OH is 2. The first-order chi connectivity index (χ1) is 6.63. The van der Waals surface area contributed by atoms with Gasteiger partial charge in [0.25, 0.3) is 0 Å². The van der Waals surface area contributed by atoms with Gasteiger partial charge in [0.05, 0.1) is 12.7 Å². The molecular weight excluding hydrogens is 293 g/mol. The summed E-state index contributed by atoms with van der Waals surface area (Å²) in [4.78, 5) is 0. The Morgan fingerprint density at radius 1 is 1.50 bits per heavy atom. The molecule has 1 unspecified atom stereocenters. The van der Waals surface area contributed by atoms with E-state index in [0.29, 0.717) is 6.54 Å². The summed E-state index contributed by atoms with van der Waals surface area (Å²) in [7, 11) is 0. The number of hydrogen-bond acceptors (Lipinski definition) is 3. The van der Waals surface area contributed by atoms with E-state index in [1.807, 2.05) is 19.1 Å². The van der Waals surface area contributed by atoms with E-state index in [2.05, 4.69) is 34.0 Å². The molecule has 1 atom stereocenters. The van der Waals surface area contributed by atoms with Crippen molar-refractivity contribution in [1.82, 2.24) is 0 Å². The zero-order chi connectivity index (χ0) is 10.6. The van der Waals surface area contributed by atoms with E-state index >= 15 is 0 Å². The van der Waals surface area contributed by atoms with Gasteiger partial charge in [-0.1, -0.05) is 0 Å². The van der Waals surface area contributed by atoms with E-state index in [-0.39, 0.29) is 6.61 Å². The molecule has 1 aromatic carbocycles. The van der Waals surface area contributed by atoms with Gasteiger partial charge in [-0.15, -0.1) is 0 Å². The van der Waals surface area contributed by atoms with Crippen molar-refractivity contribution >= 4 is 28.3 Å². The van der Waals surface area contributed by atoms with Crippen LogP contribution < -0.4 is 5.32 Å². The van der Waals surface area contributed by atoms with Crippen LogP contribution in [0, 0.1) is 10.5 Å². The molecular formula is C10H14INO2. The Labute approximate surface area is 97.3 Å². The molecule has 0 aromatic heterocycles. The normalized spacial score (nSPS) is 12.6. The number of aliphatic hydroxyl groups is 2. The van der Waals surface area contributed by atoms with Gasteiger partial charge < -0.3 is 15.5 Å². The maximum Gasteiger partial charge on any atom is 0.0942 e. The number of benzene rings is 1. The van der Waals surface area contributed by atoms with Crippen LogP contribution in [0.5, 0.6) is 0 Å². The Morgan fingerprint density at radius 3 is 2.79 bits per heavy atom. The molecule has 0 bridgehead atoms. The van der Waals surface area contributed by atoms with Gasteiger partial charge in [0.1, 0.15) is 0 Å². The van der Waals surface area contributed by atoms with Gasteiger partial charge in [0, 0.05) is 15.8 Å². The summed E-state index contributed by atoms with van der Waals surface area (Å²) in [6.45, 7) is 2.17. The van der Waals surface area contributed by atoms with Crippen LogP contribution in [-0.4, -0.2) is 29.5 Å². The molecule has 0 radical (unpaired) electrons. The highest BCUT2D eigenvalue weighted by Crippen LogP contribution is 2.17. The summed E-state index contributed by atoms with van der Waals surface area (Å²) in [6.07, 6.45) is -0.700. The Morgan fingerprint density at radius 2 is 2.21 bits per heavy atom. The van der Waals surface area contributed by atoms with Gasteiger partial charge in [-0.3, -0.25) is 0 Å². The topological polar surface area (TPSA) is 52.5 Å². The minimum Gasteiger partial charge on any atom is -0.394 e. The lowest BCUT2D eigenvalue weighted by atomic mass is 10.2. The molecule has 0 amide bonds. The van der Waals surface area contributed by atoms with Crippen molar-refractivity contribution in [3.05, 3.63) is 27.3 Å². The van der Waals surface area contributed by atoms with E-state index in [1.165, 1.54) is 3.57 Å². The molecule has 0 spiro atoms. The summed E-state index contributed by atoms with van der Waals surface area (Å²) >= 11 is 2.25. The van der Waals surface area contributed by atoms with Crippen molar-refractivity contribution in [2.45, 2.75) is 13.0 Å². The second-order valence-electron chi connectivity index (χ2n) is 3.18. The third-order valence-corrected chi connectivity index (χ3v) is 2.60. The van der Waals surface area contributed by atoms with Crippen molar-refractivity contribution in [1.29, 1.82) is 0 Å². The minimum atomic E-state index is -0.700. The Bertz CT molecular complexity index is 304. The Kier molecular flexibility index (Phi) is 4.64. The average Bonchev–Trinajstić information content (AvgIpc) is 2.16. The molecule has 4 heteroatoms. The van der Waals surface area contributed by atoms with Crippen molar-refractivity contribution < 1.29 is 10.2 Å². The number of aryl methyl sites for hydroxylation is 1. The van der Waals surface area contributed by atoms with Gasteiger partial charge >= 0.3 is 0 Å². The first kappa shape index (κ1) is 11.7. The minimum absolute atomic E-state index is 0.212. The van der Waals surface area contributed by atoms with E-state index in [9.17, 15) is 0 Å². The zero-order valence-electron chi connectivity index (χ0n) is 8.00. The molecule has 14 heavy (non-hydrogen) atoms. The summed E-state index contributed by atoms with van der Waals surface area (Å²) in [5, 5.41) is 20.9. The van der Waals surface area contributed by atoms with Gasteiger partial charge in [0.15, 0.2) is 0 Å². The van der Waals surface area contributed by atoms with Crippen molar-refractivity contribution in [2.75, 3.05) is 18.5 Å². The second kappa shape index (κ2) is 5.53. The molecule has 0 saturated heterocycles. The lowest BCUT2D eigenvalue weighted by Gasteiger charge is -2.12. The third kappa shape index (κ3) is 3.43. The fraction of sp³-hybridized carbons (Fsp3) is 0.400. The molecule has 1 aromatic rings. The maximum absolute atomic E-state index is 9.15. The summed E-state index contributed by atoms with van der Waals surface area (Å²) in [5.41, 5.74) is 2.14. The summed E-state index contributed by atoms with van der Waals surface area (Å²) in [6, 6.07) is 6.04. The quantitative estimate of drug-likeness (QED) is 0.736. The van der Waals surface area contributed by atoms with Crippen LogP contribution in [0.4, 0.5) is 5.69 Å². The zero-order valence-corrected chi connectivity index (χ0v) is 10.2. The lowest BCUT2D eigenvalue weighted by Crippen LogP contribution is -2.23. The molecule has 0 aliphatic rings. The smallest absolute Gasteiger partial charge is 0.0942 e. The highest BCUT2D eigenvalue weighted by atomic mass is 127. The van der Waals surface area contributed by atoms with Crippen LogP contribution in [0.15, 0.2) is 18.2 Å². The lowest BCUT2D eigenvalue weighted by molar-refractivity contribution is 0.105. The predicted octanol–water partition coefficient (Wildman–Crippen LogP) is 1.36. The van der Waals surface area contributed by atoms with Crippen LogP contribution in [0.3, 0.4) is 0 Å². The van der Waals surface area contributed by atoms with Crippen LogP contribution in [-0.2, 0) is 0 Å². The number of anilines is 1. The van der Waals surface area contributed by atoms with Gasteiger partial charge in [-0.2, -0.15) is 0 Å². The summed E-state index contributed by atoms with van der Waals surface area (Å²) in [5.74, 6) is 0. The molecule has 3 N–H and O–H groups in total. The molecule has 3 nitrogen and oxygen atoms in total. The molecule has 0 saturated carbocycles. The van der Waals surface area contributed by atoms with Gasteiger partial charge in [0.2, 0.25) is 0 Å². The van der Waals surface area contributed by atoms with Crippen LogP contribution in [0.2, 0.25) is 0 Å². The Hall–Kier alpha value is -0.330. The first-order valence-electron chi connectivity index (χ1n) is 4.42. The largest absolute Gasteiger partial charge is 0.394 e. The highest BCUT2D eigenvalue weighted by Gasteiger charge is 2.03. The SMILES string of the molecule is Cc1cc(I)ccc1NCC(O)CO. The van der Waals surface area contributed by atoms with Gasteiger partial charge in [-0.05, 0) is 53.3 Å². The molecule has 78 valence electrons. The van der Waals surface area contributed by atoms with Crippen molar-refractivity contribution in [2.24, 2.45) is 0 Å². The average molecular weight is 307 g/mol.